The lowest BCUT2D eigenvalue weighted by molar-refractivity contribution is -0.142. The molecule has 0 bridgehead atoms. The monoisotopic (exact) mass is 397 g/mol. The fourth-order valence-corrected chi connectivity index (χ4v) is 3.82. The van der Waals surface area contributed by atoms with Gasteiger partial charge in [0.15, 0.2) is 0 Å². The molecule has 0 amide bonds. The van der Waals surface area contributed by atoms with E-state index in [2.05, 4.69) is 36.2 Å². The molecule has 4 rings (SSSR count). The zero-order chi connectivity index (χ0) is 19.7. The van der Waals surface area contributed by atoms with Crippen molar-refractivity contribution in [3.63, 3.8) is 0 Å². The van der Waals surface area contributed by atoms with Gasteiger partial charge in [0.05, 0.1) is 12.2 Å². The number of hydrogen-bond donors (Lipinski definition) is 4. The Morgan fingerprint density at radius 3 is 2.93 bits per heavy atom. The van der Waals surface area contributed by atoms with Crippen molar-refractivity contribution in [3.05, 3.63) is 23.8 Å². The summed E-state index contributed by atoms with van der Waals surface area (Å²) in [4.78, 5) is 12.8. The summed E-state index contributed by atoms with van der Waals surface area (Å²) < 4.78 is 38.1. The summed E-state index contributed by atoms with van der Waals surface area (Å²) in [5, 5.41) is 6.87. The summed E-state index contributed by atoms with van der Waals surface area (Å²) in [5.74, 6) is 1.87. The number of hydrogen-bond acceptors (Lipinski definition) is 8. The summed E-state index contributed by atoms with van der Waals surface area (Å²) >= 11 is 0. The van der Waals surface area contributed by atoms with Gasteiger partial charge in [-0.3, -0.25) is 15.5 Å². The molecule has 0 aromatic carbocycles. The first kappa shape index (κ1) is 18.9. The first-order valence-corrected chi connectivity index (χ1v) is 9.18. The molecule has 2 aliphatic rings. The van der Waals surface area contributed by atoms with E-state index in [9.17, 15) is 13.2 Å². The minimum absolute atomic E-state index is 0.120. The maximum atomic E-state index is 12.4. The van der Waals surface area contributed by atoms with E-state index in [0.717, 1.165) is 30.5 Å². The normalized spacial score (nSPS) is 24.9. The number of nitrogens with one attached hydrogen (secondary N) is 3. The highest BCUT2D eigenvalue weighted by atomic mass is 19.4. The van der Waals surface area contributed by atoms with Crippen LogP contribution in [-0.4, -0.2) is 43.5 Å². The van der Waals surface area contributed by atoms with Gasteiger partial charge >= 0.3 is 6.18 Å². The molecule has 3 unspecified atom stereocenters. The van der Waals surface area contributed by atoms with Crippen LogP contribution in [0.3, 0.4) is 0 Å². The number of fused-ring (bicyclic) bond motifs is 1. The number of aromatic nitrogens is 5. The largest absolute Gasteiger partial charge is 0.408 e. The predicted octanol–water partition coefficient (Wildman–Crippen LogP) is 1.18. The molecular weight excluding hydrogens is 375 g/mol. The van der Waals surface area contributed by atoms with Gasteiger partial charge in [-0.05, 0) is 31.2 Å². The van der Waals surface area contributed by atoms with Crippen LogP contribution in [0.1, 0.15) is 36.7 Å². The number of rotatable bonds is 5. The summed E-state index contributed by atoms with van der Waals surface area (Å²) in [6.07, 6.45) is -0.0340. The van der Waals surface area contributed by atoms with Gasteiger partial charge in [0, 0.05) is 24.7 Å². The number of halogens is 3. The van der Waals surface area contributed by atoms with Gasteiger partial charge in [-0.15, -0.1) is 0 Å². The standard InChI is InChI=1S/C16H22F3N9/c17-16(18,19)8-28-4-3-11(27-28)7-21-15-24-13(23-14(20)25-15)9-1-2-10-6-22-26-12(10)5-9/h3-4,9-10,12,22,26H,1-2,5-8H2,(H3,20,21,23,24,25). The van der Waals surface area contributed by atoms with Crippen molar-refractivity contribution in [2.45, 2.75) is 50.5 Å². The smallest absolute Gasteiger partial charge is 0.368 e. The average molecular weight is 397 g/mol. The number of nitrogens with zero attached hydrogens (tertiary/aromatic N) is 5. The molecule has 12 heteroatoms. The van der Waals surface area contributed by atoms with Crippen LogP contribution >= 0.6 is 0 Å². The minimum Gasteiger partial charge on any atom is -0.368 e. The summed E-state index contributed by atoms with van der Waals surface area (Å²) in [5.41, 5.74) is 12.8. The maximum absolute atomic E-state index is 12.4. The van der Waals surface area contributed by atoms with Crippen molar-refractivity contribution in [2.75, 3.05) is 17.6 Å². The second kappa shape index (κ2) is 7.51. The quantitative estimate of drug-likeness (QED) is 0.594. The molecule has 0 radical (unpaired) electrons. The Balaban J connectivity index is 1.40. The van der Waals surface area contributed by atoms with Crippen molar-refractivity contribution >= 4 is 11.9 Å². The summed E-state index contributed by atoms with van der Waals surface area (Å²) in [7, 11) is 0. The van der Waals surface area contributed by atoms with Crippen LogP contribution < -0.4 is 21.9 Å². The summed E-state index contributed by atoms with van der Waals surface area (Å²) in [6.45, 7) is 0.0434. The Morgan fingerprint density at radius 2 is 2.11 bits per heavy atom. The number of anilines is 2. The molecule has 5 N–H and O–H groups in total. The van der Waals surface area contributed by atoms with E-state index < -0.39 is 12.7 Å². The molecule has 1 saturated heterocycles. The van der Waals surface area contributed by atoms with Crippen LogP contribution in [0.2, 0.25) is 0 Å². The molecule has 1 aliphatic carbocycles. The topological polar surface area (TPSA) is 119 Å². The van der Waals surface area contributed by atoms with Gasteiger partial charge in [-0.1, -0.05) is 0 Å². The Morgan fingerprint density at radius 1 is 1.25 bits per heavy atom. The molecule has 3 heterocycles. The first-order chi connectivity index (χ1) is 13.4. The molecular formula is C16H22F3N9. The van der Waals surface area contributed by atoms with E-state index in [1.165, 1.54) is 12.3 Å². The van der Waals surface area contributed by atoms with E-state index >= 15 is 0 Å². The van der Waals surface area contributed by atoms with Gasteiger partial charge in [-0.25, -0.2) is 0 Å². The molecule has 0 spiro atoms. The van der Waals surface area contributed by atoms with Crippen LogP contribution in [0, 0.1) is 5.92 Å². The predicted molar refractivity (Wildman–Crippen MR) is 94.9 cm³/mol. The zero-order valence-electron chi connectivity index (χ0n) is 15.1. The van der Waals surface area contributed by atoms with Crippen LogP contribution in [0.25, 0.3) is 0 Å². The van der Waals surface area contributed by atoms with E-state index in [1.54, 1.807) is 0 Å². The van der Waals surface area contributed by atoms with Crippen LogP contribution in [0.15, 0.2) is 12.3 Å². The molecule has 2 aromatic heterocycles. The van der Waals surface area contributed by atoms with Crippen molar-refractivity contribution < 1.29 is 13.2 Å². The Bertz CT molecular complexity index is 822. The maximum Gasteiger partial charge on any atom is 0.408 e. The highest BCUT2D eigenvalue weighted by Gasteiger charge is 2.35. The number of nitrogens with two attached hydrogens (primary N) is 1. The van der Waals surface area contributed by atoms with Gasteiger partial charge in [-0.2, -0.15) is 33.2 Å². The molecule has 2 fully saturated rings. The van der Waals surface area contributed by atoms with Gasteiger partial charge in [0.2, 0.25) is 11.9 Å². The first-order valence-electron chi connectivity index (χ1n) is 9.18. The molecule has 3 atom stereocenters. The Labute approximate surface area is 159 Å². The summed E-state index contributed by atoms with van der Waals surface area (Å²) in [6, 6.07) is 1.91. The van der Waals surface area contributed by atoms with Gasteiger partial charge in [0.25, 0.3) is 0 Å². The van der Waals surface area contributed by atoms with Crippen LogP contribution in [-0.2, 0) is 13.1 Å². The van der Waals surface area contributed by atoms with E-state index in [-0.39, 0.29) is 18.4 Å². The molecule has 1 saturated carbocycles. The van der Waals surface area contributed by atoms with Crippen molar-refractivity contribution in [1.29, 1.82) is 0 Å². The van der Waals surface area contributed by atoms with E-state index in [1.807, 2.05) is 0 Å². The highest BCUT2D eigenvalue weighted by molar-refractivity contribution is 5.32. The Kier molecular flexibility index (Phi) is 5.06. The lowest BCUT2D eigenvalue weighted by atomic mass is 9.79. The van der Waals surface area contributed by atoms with Gasteiger partial charge in [0.1, 0.15) is 12.4 Å². The fraction of sp³-hybridized carbons (Fsp3) is 0.625. The van der Waals surface area contributed by atoms with Gasteiger partial charge < -0.3 is 11.1 Å². The number of hydrazine groups is 1. The number of alkyl halides is 3. The average Bonchev–Trinajstić information content (AvgIpc) is 3.26. The molecule has 9 nitrogen and oxygen atoms in total. The lowest BCUT2D eigenvalue weighted by Gasteiger charge is -2.29. The third-order valence-electron chi connectivity index (χ3n) is 5.15. The van der Waals surface area contributed by atoms with Crippen molar-refractivity contribution in [3.8, 4) is 0 Å². The SMILES string of the molecule is Nc1nc(NCc2ccn(CC(F)(F)F)n2)nc(C2CCC3CNNC3C2)n1. The molecule has 28 heavy (non-hydrogen) atoms. The van der Waals surface area contributed by atoms with Crippen LogP contribution in [0.5, 0.6) is 0 Å². The molecule has 152 valence electrons. The van der Waals surface area contributed by atoms with Crippen LogP contribution in [0.4, 0.5) is 25.1 Å². The number of nitrogen functional groups attached to an aromatic ring is 1. The van der Waals surface area contributed by atoms with Crippen molar-refractivity contribution in [1.82, 2.24) is 35.6 Å². The highest BCUT2D eigenvalue weighted by Crippen LogP contribution is 2.36. The van der Waals surface area contributed by atoms with E-state index in [0.29, 0.717) is 29.4 Å². The lowest BCUT2D eigenvalue weighted by Crippen LogP contribution is -2.36. The Hall–Kier alpha value is -2.47. The van der Waals surface area contributed by atoms with Crippen molar-refractivity contribution in [2.24, 2.45) is 5.92 Å². The fourth-order valence-electron chi connectivity index (χ4n) is 3.82. The second-order valence-corrected chi connectivity index (χ2v) is 7.25. The molecule has 1 aliphatic heterocycles. The second-order valence-electron chi connectivity index (χ2n) is 7.25. The third-order valence-corrected chi connectivity index (χ3v) is 5.15. The zero-order valence-corrected chi connectivity index (χ0v) is 15.1. The third kappa shape index (κ3) is 4.50. The van der Waals surface area contributed by atoms with E-state index in [4.69, 9.17) is 5.73 Å². The minimum atomic E-state index is -4.31. The molecule has 2 aromatic rings.